The van der Waals surface area contributed by atoms with Crippen LogP contribution in [0.25, 0.3) is 0 Å². The van der Waals surface area contributed by atoms with E-state index < -0.39 is 5.97 Å². The third kappa shape index (κ3) is 2.65. The van der Waals surface area contributed by atoms with E-state index in [2.05, 4.69) is 36.3 Å². The molecule has 2 aromatic heterocycles. The maximum Gasteiger partial charge on any atom is 0.354 e. The first-order valence-electron chi connectivity index (χ1n) is 5.04. The van der Waals surface area contributed by atoms with E-state index in [1.165, 1.54) is 12.3 Å². The van der Waals surface area contributed by atoms with Crippen LogP contribution in [0.1, 0.15) is 16.2 Å². The van der Waals surface area contributed by atoms with E-state index in [4.69, 9.17) is 5.11 Å². The van der Waals surface area contributed by atoms with Crippen molar-refractivity contribution < 1.29 is 9.90 Å². The van der Waals surface area contributed by atoms with Gasteiger partial charge in [0, 0.05) is 13.2 Å². The topological polar surface area (TPSA) is 92.9 Å². The largest absolute Gasteiger partial charge is 0.477 e. The Morgan fingerprint density at radius 3 is 3.00 bits per heavy atom. The van der Waals surface area contributed by atoms with Crippen molar-refractivity contribution in [2.45, 2.75) is 6.54 Å². The van der Waals surface area contributed by atoms with Crippen molar-refractivity contribution in [3.05, 3.63) is 34.3 Å². The van der Waals surface area contributed by atoms with Gasteiger partial charge in [0.1, 0.15) is 0 Å². The summed E-state index contributed by atoms with van der Waals surface area (Å²) >= 11 is 3.37. The molecule has 0 fully saturated rings. The van der Waals surface area contributed by atoms with Crippen molar-refractivity contribution in [1.29, 1.82) is 0 Å². The summed E-state index contributed by atoms with van der Waals surface area (Å²) in [6.45, 7) is 0.445. The highest BCUT2D eigenvalue weighted by molar-refractivity contribution is 9.10. The van der Waals surface area contributed by atoms with Crippen molar-refractivity contribution in [1.82, 2.24) is 19.7 Å². The molecule has 0 radical (unpaired) electrons. The number of halogens is 1. The van der Waals surface area contributed by atoms with E-state index in [9.17, 15) is 4.79 Å². The number of nitrogens with one attached hydrogen (secondary N) is 1. The summed E-state index contributed by atoms with van der Waals surface area (Å²) in [7, 11) is 1.82. The van der Waals surface area contributed by atoms with E-state index >= 15 is 0 Å². The molecule has 2 aromatic rings. The van der Waals surface area contributed by atoms with Crippen LogP contribution in [0.3, 0.4) is 0 Å². The molecule has 18 heavy (non-hydrogen) atoms. The molecule has 0 amide bonds. The van der Waals surface area contributed by atoms with E-state index in [0.29, 0.717) is 6.54 Å². The molecule has 2 rings (SSSR count). The highest BCUT2D eigenvalue weighted by atomic mass is 79.9. The number of aromatic carboxylic acids is 1. The highest BCUT2D eigenvalue weighted by Gasteiger charge is 2.08. The molecule has 0 aromatic carbocycles. The van der Waals surface area contributed by atoms with Crippen molar-refractivity contribution in [3.63, 3.8) is 0 Å². The highest BCUT2D eigenvalue weighted by Crippen LogP contribution is 2.15. The van der Waals surface area contributed by atoms with Gasteiger partial charge < -0.3 is 10.4 Å². The van der Waals surface area contributed by atoms with E-state index in [1.807, 2.05) is 7.05 Å². The Balaban J connectivity index is 2.11. The number of carbonyl (C=O) groups is 1. The molecule has 2 heterocycles. The average Bonchev–Trinajstić information content (AvgIpc) is 2.67. The van der Waals surface area contributed by atoms with Gasteiger partial charge in [-0.1, -0.05) is 0 Å². The number of anilines is 1. The van der Waals surface area contributed by atoms with Gasteiger partial charge in [-0.25, -0.2) is 14.8 Å². The van der Waals surface area contributed by atoms with Gasteiger partial charge in [-0.3, -0.25) is 4.68 Å². The van der Waals surface area contributed by atoms with Gasteiger partial charge >= 0.3 is 5.97 Å². The van der Waals surface area contributed by atoms with Gasteiger partial charge in [-0.2, -0.15) is 5.10 Å². The van der Waals surface area contributed by atoms with Gasteiger partial charge in [0.15, 0.2) is 5.69 Å². The summed E-state index contributed by atoms with van der Waals surface area (Å²) in [6, 6.07) is 1.34. The van der Waals surface area contributed by atoms with Crippen LogP contribution in [0.2, 0.25) is 0 Å². The van der Waals surface area contributed by atoms with Crippen LogP contribution in [-0.2, 0) is 13.6 Å². The minimum absolute atomic E-state index is 0.0448. The van der Waals surface area contributed by atoms with Gasteiger partial charge in [0.2, 0.25) is 5.95 Å². The molecule has 0 aliphatic heterocycles. The summed E-state index contributed by atoms with van der Waals surface area (Å²) in [5.74, 6) is -0.815. The van der Waals surface area contributed by atoms with Crippen molar-refractivity contribution in [3.8, 4) is 0 Å². The van der Waals surface area contributed by atoms with E-state index in [-0.39, 0.29) is 11.6 Å². The third-order valence-electron chi connectivity index (χ3n) is 2.30. The Hall–Kier alpha value is -1.96. The predicted molar refractivity (Wildman–Crippen MR) is 67.2 cm³/mol. The Morgan fingerprint density at radius 2 is 2.39 bits per heavy atom. The predicted octanol–water partition coefficient (Wildman–Crippen LogP) is 1.28. The number of aryl methyl sites for hydroxylation is 1. The van der Waals surface area contributed by atoms with Gasteiger partial charge in [-0.15, -0.1) is 0 Å². The Morgan fingerprint density at radius 1 is 1.61 bits per heavy atom. The van der Waals surface area contributed by atoms with Crippen molar-refractivity contribution >= 4 is 27.8 Å². The van der Waals surface area contributed by atoms with Crippen LogP contribution in [0, 0.1) is 0 Å². The minimum Gasteiger partial charge on any atom is -0.477 e. The zero-order valence-corrected chi connectivity index (χ0v) is 11.0. The monoisotopic (exact) mass is 311 g/mol. The van der Waals surface area contributed by atoms with Crippen molar-refractivity contribution in [2.75, 3.05) is 5.32 Å². The molecule has 8 heteroatoms. The number of hydrogen-bond acceptors (Lipinski definition) is 5. The third-order valence-corrected chi connectivity index (χ3v) is 2.96. The van der Waals surface area contributed by atoms with Crippen LogP contribution in [0.5, 0.6) is 0 Å². The van der Waals surface area contributed by atoms with Crippen molar-refractivity contribution in [2.24, 2.45) is 7.05 Å². The standard InChI is InChI=1S/C10H10BrN5O2/c1-16-8(6(11)4-14-16)5-13-10-12-3-2-7(15-10)9(17)18/h2-4H,5H2,1H3,(H,17,18)(H,12,13,15). The average molecular weight is 312 g/mol. The lowest BCUT2D eigenvalue weighted by molar-refractivity contribution is 0.0690. The maximum atomic E-state index is 10.8. The molecular weight excluding hydrogens is 302 g/mol. The fourth-order valence-electron chi connectivity index (χ4n) is 1.36. The smallest absolute Gasteiger partial charge is 0.354 e. The molecule has 0 atom stereocenters. The minimum atomic E-state index is -1.08. The normalized spacial score (nSPS) is 10.3. The van der Waals surface area contributed by atoms with E-state index in [1.54, 1.807) is 10.9 Å². The number of hydrogen-bond donors (Lipinski definition) is 2. The molecule has 7 nitrogen and oxygen atoms in total. The fourth-order valence-corrected chi connectivity index (χ4v) is 1.85. The first-order valence-corrected chi connectivity index (χ1v) is 5.84. The Labute approximate surface area is 111 Å². The number of carboxylic acids is 1. The number of carboxylic acid groups (broad SMARTS) is 1. The zero-order chi connectivity index (χ0) is 13.1. The molecule has 94 valence electrons. The van der Waals surface area contributed by atoms with Gasteiger partial charge in [-0.05, 0) is 22.0 Å². The van der Waals surface area contributed by atoms with Crippen LogP contribution >= 0.6 is 15.9 Å². The lowest BCUT2D eigenvalue weighted by Crippen LogP contribution is -2.10. The van der Waals surface area contributed by atoms with Gasteiger partial charge in [0.05, 0.1) is 22.9 Å². The first kappa shape index (κ1) is 12.5. The second-order valence-electron chi connectivity index (χ2n) is 3.49. The molecular formula is C10H10BrN5O2. The summed E-state index contributed by atoms with van der Waals surface area (Å²) in [5.41, 5.74) is 0.871. The summed E-state index contributed by atoms with van der Waals surface area (Å²) in [4.78, 5) is 18.6. The summed E-state index contributed by atoms with van der Waals surface area (Å²) < 4.78 is 2.57. The zero-order valence-electron chi connectivity index (χ0n) is 9.46. The van der Waals surface area contributed by atoms with Crippen LogP contribution in [0.4, 0.5) is 5.95 Å². The number of aromatic nitrogens is 4. The Kier molecular flexibility index (Phi) is 3.56. The van der Waals surface area contributed by atoms with Crippen LogP contribution < -0.4 is 5.32 Å². The molecule has 0 aliphatic carbocycles. The van der Waals surface area contributed by atoms with Crippen LogP contribution in [0.15, 0.2) is 22.9 Å². The second kappa shape index (κ2) is 5.13. The molecule has 0 unspecified atom stereocenters. The lowest BCUT2D eigenvalue weighted by atomic mass is 10.4. The van der Waals surface area contributed by atoms with Crippen LogP contribution in [-0.4, -0.2) is 30.8 Å². The quantitative estimate of drug-likeness (QED) is 0.883. The fraction of sp³-hybridized carbons (Fsp3) is 0.200. The SMILES string of the molecule is Cn1ncc(Br)c1CNc1nccc(C(=O)O)n1. The number of rotatable bonds is 4. The molecule has 0 spiro atoms. The second-order valence-corrected chi connectivity index (χ2v) is 4.34. The lowest BCUT2D eigenvalue weighted by Gasteiger charge is -2.06. The molecule has 2 N–H and O–H groups in total. The molecule has 0 aliphatic rings. The molecule has 0 saturated heterocycles. The molecule has 0 bridgehead atoms. The summed E-state index contributed by atoms with van der Waals surface area (Å²) in [6.07, 6.45) is 3.09. The van der Waals surface area contributed by atoms with E-state index in [0.717, 1.165) is 10.2 Å². The number of nitrogens with zero attached hydrogens (tertiary/aromatic N) is 4. The maximum absolute atomic E-state index is 10.8. The molecule has 0 saturated carbocycles. The Bertz CT molecular complexity index is 564. The van der Waals surface area contributed by atoms with Gasteiger partial charge in [0.25, 0.3) is 0 Å². The summed E-state index contributed by atoms with van der Waals surface area (Å²) in [5, 5.41) is 15.8. The first-order chi connectivity index (χ1) is 8.58.